The topological polar surface area (TPSA) is 61.8 Å². The molecular formula is C24H32ClN5O2. The molecule has 2 aromatic rings. The van der Waals surface area contributed by atoms with Crippen LogP contribution in [0.1, 0.15) is 41.6 Å². The molecule has 3 heterocycles. The largest absolute Gasteiger partial charge is 0.378 e. The van der Waals surface area contributed by atoms with E-state index in [1.807, 2.05) is 49.0 Å². The van der Waals surface area contributed by atoms with E-state index in [1.165, 1.54) is 0 Å². The minimum Gasteiger partial charge on any atom is -0.378 e. The van der Waals surface area contributed by atoms with E-state index in [4.69, 9.17) is 21.3 Å². The smallest absolute Gasteiger partial charge is 0.253 e. The van der Waals surface area contributed by atoms with E-state index in [2.05, 4.69) is 22.9 Å². The monoisotopic (exact) mass is 457 g/mol. The molecule has 1 aromatic heterocycles. The molecule has 172 valence electrons. The Balaban J connectivity index is 1.58. The van der Waals surface area contributed by atoms with Gasteiger partial charge in [0.25, 0.3) is 5.91 Å². The highest BCUT2D eigenvalue weighted by Crippen LogP contribution is 2.35. The number of aryl methyl sites for hydroxylation is 1. The average molecular weight is 458 g/mol. The maximum atomic E-state index is 13.5. The van der Waals surface area contributed by atoms with E-state index in [0.717, 1.165) is 55.5 Å². The zero-order valence-electron chi connectivity index (χ0n) is 19.4. The van der Waals surface area contributed by atoms with Gasteiger partial charge < -0.3 is 19.4 Å². The summed E-state index contributed by atoms with van der Waals surface area (Å²) in [6.45, 7) is 8.40. The Kier molecular flexibility index (Phi) is 6.58. The number of rotatable bonds is 4. The lowest BCUT2D eigenvalue weighted by Gasteiger charge is -2.40. The molecule has 32 heavy (non-hydrogen) atoms. The van der Waals surface area contributed by atoms with Gasteiger partial charge in [-0.15, -0.1) is 0 Å². The highest BCUT2D eigenvalue weighted by atomic mass is 35.5. The number of likely N-dealkylation sites (tertiary alicyclic amines) is 1. The van der Waals surface area contributed by atoms with Crippen LogP contribution in [0.4, 0.5) is 11.5 Å². The van der Waals surface area contributed by atoms with Crippen LogP contribution >= 0.6 is 11.6 Å². The van der Waals surface area contributed by atoms with E-state index < -0.39 is 0 Å². The van der Waals surface area contributed by atoms with Gasteiger partial charge in [-0.05, 0) is 38.0 Å². The number of hydrogen-bond donors (Lipinski definition) is 0. The molecule has 1 amide bonds. The van der Waals surface area contributed by atoms with Gasteiger partial charge in [0.1, 0.15) is 11.6 Å². The van der Waals surface area contributed by atoms with Gasteiger partial charge in [-0.2, -0.15) is 0 Å². The quantitative estimate of drug-likeness (QED) is 0.699. The first-order valence-corrected chi connectivity index (χ1v) is 11.6. The van der Waals surface area contributed by atoms with E-state index >= 15 is 0 Å². The maximum absolute atomic E-state index is 13.5. The van der Waals surface area contributed by atoms with Gasteiger partial charge in [0.05, 0.1) is 29.6 Å². The molecule has 1 aromatic carbocycles. The number of carbonyl (C=O) groups is 1. The molecule has 1 atom stereocenters. The minimum atomic E-state index is -0.216. The minimum absolute atomic E-state index is 0.0423. The third-order valence-corrected chi connectivity index (χ3v) is 6.75. The van der Waals surface area contributed by atoms with E-state index in [1.54, 1.807) is 0 Å². The summed E-state index contributed by atoms with van der Waals surface area (Å²) in [5.41, 5.74) is 2.36. The Morgan fingerprint density at radius 1 is 1.16 bits per heavy atom. The van der Waals surface area contributed by atoms with Crippen molar-refractivity contribution < 1.29 is 9.53 Å². The van der Waals surface area contributed by atoms with Gasteiger partial charge in [-0.25, -0.2) is 9.97 Å². The maximum Gasteiger partial charge on any atom is 0.253 e. The van der Waals surface area contributed by atoms with Crippen LogP contribution in [0.2, 0.25) is 5.02 Å². The fraction of sp³-hybridized carbons (Fsp3) is 0.542. The predicted molar refractivity (Wildman–Crippen MR) is 128 cm³/mol. The first-order valence-electron chi connectivity index (χ1n) is 11.2. The number of ether oxygens (including phenoxy) is 1. The number of hydrogen-bond acceptors (Lipinski definition) is 6. The number of morpholine rings is 1. The molecular weight excluding hydrogens is 426 g/mol. The molecule has 0 saturated carbocycles. The Labute approximate surface area is 195 Å². The van der Waals surface area contributed by atoms with Gasteiger partial charge >= 0.3 is 0 Å². The molecule has 2 fully saturated rings. The zero-order valence-corrected chi connectivity index (χ0v) is 20.2. The van der Waals surface area contributed by atoms with Crippen LogP contribution < -0.4 is 9.80 Å². The van der Waals surface area contributed by atoms with Crippen molar-refractivity contribution in [3.05, 3.63) is 46.4 Å². The van der Waals surface area contributed by atoms with E-state index in [9.17, 15) is 4.79 Å². The number of anilines is 2. The van der Waals surface area contributed by atoms with Gasteiger partial charge in [0.2, 0.25) is 0 Å². The number of amides is 1. The second-order valence-electron chi connectivity index (χ2n) is 9.21. The molecule has 8 heteroatoms. The third-order valence-electron chi connectivity index (χ3n) is 6.43. The number of aromatic nitrogens is 2. The van der Waals surface area contributed by atoms with Crippen molar-refractivity contribution in [3.63, 3.8) is 0 Å². The Hall–Kier alpha value is -2.38. The summed E-state index contributed by atoms with van der Waals surface area (Å²) in [5.74, 6) is 1.69. The second kappa shape index (κ2) is 9.24. The molecule has 0 spiro atoms. The van der Waals surface area contributed by atoms with E-state index in [0.29, 0.717) is 30.3 Å². The summed E-state index contributed by atoms with van der Waals surface area (Å²) >= 11 is 6.47. The van der Waals surface area contributed by atoms with Gasteiger partial charge in [-0.1, -0.05) is 18.5 Å². The fourth-order valence-electron chi connectivity index (χ4n) is 4.59. The van der Waals surface area contributed by atoms with Crippen LogP contribution in [0.25, 0.3) is 0 Å². The van der Waals surface area contributed by atoms with Crippen LogP contribution in [0.3, 0.4) is 0 Å². The summed E-state index contributed by atoms with van der Waals surface area (Å²) < 4.78 is 5.46. The molecule has 7 nitrogen and oxygen atoms in total. The lowest BCUT2D eigenvalue weighted by atomic mass is 9.78. The van der Waals surface area contributed by atoms with Crippen molar-refractivity contribution >= 4 is 29.0 Å². The third kappa shape index (κ3) is 4.69. The van der Waals surface area contributed by atoms with Crippen molar-refractivity contribution in [3.8, 4) is 0 Å². The first kappa shape index (κ1) is 22.8. The number of halogens is 1. The molecule has 0 unspecified atom stereocenters. The lowest BCUT2D eigenvalue weighted by Crippen LogP contribution is -2.47. The van der Waals surface area contributed by atoms with Crippen LogP contribution in [0, 0.1) is 6.92 Å². The van der Waals surface area contributed by atoms with E-state index in [-0.39, 0.29) is 11.3 Å². The standard InChI is InChI=1S/C24H32ClN5O2/c1-17-26-21(15-22(27-17)28(3)4)24(2)8-5-9-30(16-24)23(31)18-6-7-19(25)20(14-18)29-10-12-32-13-11-29/h6-7,14-15H,5,8-13,16H2,1-4H3/t24-/m0/s1. The molecule has 2 saturated heterocycles. The highest BCUT2D eigenvalue weighted by molar-refractivity contribution is 6.33. The molecule has 0 bridgehead atoms. The molecule has 2 aliphatic rings. The highest BCUT2D eigenvalue weighted by Gasteiger charge is 2.37. The normalized spacial score (nSPS) is 21.5. The summed E-state index contributed by atoms with van der Waals surface area (Å²) in [6.07, 6.45) is 1.92. The predicted octanol–water partition coefficient (Wildman–Crippen LogP) is 3.53. The van der Waals surface area contributed by atoms with Crippen molar-refractivity contribution in [2.75, 3.05) is 63.3 Å². The number of piperidine rings is 1. The Bertz CT molecular complexity index is 992. The number of benzene rings is 1. The SMILES string of the molecule is Cc1nc(N(C)C)cc([C@@]2(C)CCCN(C(=O)c3ccc(Cl)c(N4CCOCC4)c3)C2)n1. The molecule has 0 aliphatic carbocycles. The summed E-state index contributed by atoms with van der Waals surface area (Å²) in [6, 6.07) is 7.65. The molecule has 2 aliphatic heterocycles. The van der Waals surface area contributed by atoms with Gasteiger partial charge in [0, 0.05) is 57.3 Å². The van der Waals surface area contributed by atoms with Gasteiger partial charge in [-0.3, -0.25) is 4.79 Å². The fourth-order valence-corrected chi connectivity index (χ4v) is 4.82. The number of nitrogens with zero attached hydrogens (tertiary/aromatic N) is 5. The zero-order chi connectivity index (χ0) is 22.9. The lowest BCUT2D eigenvalue weighted by molar-refractivity contribution is 0.0647. The van der Waals surface area contributed by atoms with Crippen LogP contribution in [-0.4, -0.2) is 74.3 Å². The molecule has 0 N–H and O–H groups in total. The molecule has 4 rings (SSSR count). The van der Waals surface area contributed by atoms with Crippen LogP contribution in [-0.2, 0) is 10.2 Å². The summed E-state index contributed by atoms with van der Waals surface area (Å²) in [4.78, 5) is 28.9. The summed E-state index contributed by atoms with van der Waals surface area (Å²) in [7, 11) is 3.97. The van der Waals surface area contributed by atoms with Crippen LogP contribution in [0.15, 0.2) is 24.3 Å². The van der Waals surface area contributed by atoms with Crippen molar-refractivity contribution in [1.82, 2.24) is 14.9 Å². The Morgan fingerprint density at radius 2 is 1.91 bits per heavy atom. The van der Waals surface area contributed by atoms with Crippen molar-refractivity contribution in [1.29, 1.82) is 0 Å². The van der Waals surface area contributed by atoms with Crippen molar-refractivity contribution in [2.24, 2.45) is 0 Å². The van der Waals surface area contributed by atoms with Crippen LogP contribution in [0.5, 0.6) is 0 Å². The summed E-state index contributed by atoms with van der Waals surface area (Å²) in [5, 5.41) is 0.666. The Morgan fingerprint density at radius 3 is 2.62 bits per heavy atom. The molecule has 0 radical (unpaired) electrons. The average Bonchev–Trinajstić information content (AvgIpc) is 2.79. The second-order valence-corrected chi connectivity index (χ2v) is 9.62. The van der Waals surface area contributed by atoms with Crippen molar-refractivity contribution in [2.45, 2.75) is 32.1 Å². The number of carbonyl (C=O) groups excluding carboxylic acids is 1. The van der Waals surface area contributed by atoms with Gasteiger partial charge in [0.15, 0.2) is 0 Å². The first-order chi connectivity index (χ1) is 15.3.